The third-order valence-corrected chi connectivity index (χ3v) is 6.34. The fourth-order valence-electron chi connectivity index (χ4n) is 2.77. The summed E-state index contributed by atoms with van der Waals surface area (Å²) in [5.74, 6) is -0.319. The van der Waals surface area contributed by atoms with Gasteiger partial charge in [-0.15, -0.1) is 22.7 Å². The molecule has 1 N–H and O–H groups in total. The number of thiophene rings is 1. The van der Waals surface area contributed by atoms with Crippen molar-refractivity contribution in [3.8, 4) is 9.88 Å². The molecule has 7 nitrogen and oxygen atoms in total. The Hall–Kier alpha value is -3.30. The molecule has 0 aliphatic rings. The number of nitrogens with one attached hydrogen (secondary N) is 1. The van der Waals surface area contributed by atoms with Crippen LogP contribution in [0.2, 0.25) is 0 Å². The molecule has 9 heteroatoms. The van der Waals surface area contributed by atoms with Gasteiger partial charge in [0.25, 0.3) is 5.91 Å². The Morgan fingerprint density at radius 1 is 1.13 bits per heavy atom. The Balaban J connectivity index is 1.59. The molecule has 1 atom stereocenters. The molecule has 4 rings (SSSR count). The molecule has 0 radical (unpaired) electrons. The third kappa shape index (κ3) is 4.32. The Kier molecular flexibility index (Phi) is 5.73. The lowest BCUT2D eigenvalue weighted by Gasteiger charge is -2.17. The average molecular weight is 440 g/mol. The van der Waals surface area contributed by atoms with Crippen LogP contribution in [-0.4, -0.2) is 22.0 Å². The molecule has 0 saturated carbocycles. The minimum absolute atomic E-state index is 0.253. The summed E-state index contributed by atoms with van der Waals surface area (Å²) >= 11 is 2.79. The first-order valence-electron chi connectivity index (χ1n) is 9.02. The van der Waals surface area contributed by atoms with Gasteiger partial charge in [-0.2, -0.15) is 0 Å². The van der Waals surface area contributed by atoms with Crippen molar-refractivity contribution in [2.75, 3.05) is 5.32 Å². The van der Waals surface area contributed by atoms with Gasteiger partial charge in [0.05, 0.1) is 10.6 Å². The number of amides is 1. The Bertz CT molecular complexity index is 1170. The molecular weight excluding hydrogens is 422 g/mol. The number of benzene rings is 1. The maximum absolute atomic E-state index is 12.9. The number of aromatic nitrogens is 2. The molecule has 3 aromatic heterocycles. The van der Waals surface area contributed by atoms with E-state index in [0.29, 0.717) is 21.9 Å². The number of hydrogen-bond donors (Lipinski definition) is 1. The number of esters is 1. The maximum Gasteiger partial charge on any atom is 0.351 e. The highest BCUT2D eigenvalue weighted by atomic mass is 32.1. The molecule has 0 aliphatic heterocycles. The van der Waals surface area contributed by atoms with E-state index in [1.165, 1.54) is 11.3 Å². The molecule has 3 heterocycles. The first-order valence-corrected chi connectivity index (χ1v) is 10.7. The zero-order valence-corrected chi connectivity index (χ0v) is 17.8. The van der Waals surface area contributed by atoms with Gasteiger partial charge < -0.3 is 14.6 Å². The minimum Gasteiger partial charge on any atom is -0.443 e. The van der Waals surface area contributed by atoms with Crippen molar-refractivity contribution >= 4 is 40.4 Å². The number of aryl methyl sites for hydroxylation is 2. The number of nitrogens with zero attached hydrogens (tertiary/aromatic N) is 2. The molecule has 0 fully saturated rings. The zero-order valence-electron chi connectivity index (χ0n) is 16.1. The molecule has 4 aromatic rings. The SMILES string of the molecule is Cc1cc(NC(=O)C(OC(=O)c2sc(-c3cccs3)nc2C)c2ccccc2)no1. The molecule has 1 amide bonds. The minimum atomic E-state index is -1.15. The van der Waals surface area contributed by atoms with E-state index in [-0.39, 0.29) is 5.82 Å². The molecule has 1 unspecified atom stereocenters. The Morgan fingerprint density at radius 2 is 1.93 bits per heavy atom. The average Bonchev–Trinajstić information content (AvgIpc) is 3.48. The summed E-state index contributed by atoms with van der Waals surface area (Å²) < 4.78 is 10.6. The van der Waals surface area contributed by atoms with E-state index >= 15 is 0 Å². The van der Waals surface area contributed by atoms with Crippen molar-refractivity contribution in [3.05, 3.63) is 75.8 Å². The van der Waals surface area contributed by atoms with Crippen LogP contribution >= 0.6 is 22.7 Å². The van der Waals surface area contributed by atoms with Crippen LogP contribution in [0.3, 0.4) is 0 Å². The normalized spacial score (nSPS) is 11.8. The van der Waals surface area contributed by atoms with Crippen LogP contribution in [0.25, 0.3) is 9.88 Å². The van der Waals surface area contributed by atoms with Gasteiger partial charge in [0.15, 0.2) is 5.82 Å². The summed E-state index contributed by atoms with van der Waals surface area (Å²) in [6.45, 7) is 3.47. The summed E-state index contributed by atoms with van der Waals surface area (Å²) in [7, 11) is 0. The lowest BCUT2D eigenvalue weighted by atomic mass is 10.1. The first kappa shape index (κ1) is 20.0. The zero-order chi connectivity index (χ0) is 21.1. The van der Waals surface area contributed by atoms with Crippen LogP contribution in [0.5, 0.6) is 0 Å². The standard InChI is InChI=1S/C21H17N3O4S2/c1-12-11-16(24-28-12)23-19(25)17(14-7-4-3-5-8-14)27-21(26)18-13(2)22-20(30-18)15-9-6-10-29-15/h3-11,17H,1-2H3,(H,23,24,25). The van der Waals surface area contributed by atoms with E-state index in [4.69, 9.17) is 9.26 Å². The highest BCUT2D eigenvalue weighted by molar-refractivity contribution is 7.22. The van der Waals surface area contributed by atoms with E-state index < -0.39 is 18.0 Å². The molecule has 152 valence electrons. The summed E-state index contributed by atoms with van der Waals surface area (Å²) in [6, 6.07) is 14.3. The Labute approximate surface area is 180 Å². The number of anilines is 1. The summed E-state index contributed by atoms with van der Waals surface area (Å²) in [5, 5.41) is 9.08. The number of rotatable bonds is 6. The van der Waals surface area contributed by atoms with Gasteiger partial charge in [-0.3, -0.25) is 4.79 Å². The predicted octanol–water partition coefficient (Wildman–Crippen LogP) is 5.01. The van der Waals surface area contributed by atoms with Gasteiger partial charge in [-0.1, -0.05) is 41.6 Å². The molecule has 0 bridgehead atoms. The van der Waals surface area contributed by atoms with Crippen LogP contribution in [0.1, 0.15) is 32.8 Å². The van der Waals surface area contributed by atoms with Crippen molar-refractivity contribution < 1.29 is 18.8 Å². The van der Waals surface area contributed by atoms with Gasteiger partial charge in [-0.05, 0) is 25.3 Å². The van der Waals surface area contributed by atoms with E-state index in [1.54, 1.807) is 55.5 Å². The highest BCUT2D eigenvalue weighted by Crippen LogP contribution is 2.32. The summed E-state index contributed by atoms with van der Waals surface area (Å²) in [6.07, 6.45) is -1.15. The second kappa shape index (κ2) is 8.60. The molecule has 1 aromatic carbocycles. The molecule has 0 saturated heterocycles. The van der Waals surface area contributed by atoms with Crippen LogP contribution in [0.15, 0.2) is 58.4 Å². The fourth-order valence-corrected chi connectivity index (χ4v) is 4.52. The van der Waals surface area contributed by atoms with Crippen LogP contribution < -0.4 is 5.32 Å². The maximum atomic E-state index is 12.9. The predicted molar refractivity (Wildman–Crippen MR) is 115 cm³/mol. The van der Waals surface area contributed by atoms with Crippen LogP contribution in [-0.2, 0) is 9.53 Å². The highest BCUT2D eigenvalue weighted by Gasteiger charge is 2.28. The van der Waals surface area contributed by atoms with E-state index in [1.807, 2.05) is 23.6 Å². The quantitative estimate of drug-likeness (QED) is 0.424. The molecule has 0 aliphatic carbocycles. The first-order chi connectivity index (χ1) is 14.5. The van der Waals surface area contributed by atoms with Crippen molar-refractivity contribution in [2.45, 2.75) is 20.0 Å². The van der Waals surface area contributed by atoms with Gasteiger partial charge in [0.2, 0.25) is 6.10 Å². The van der Waals surface area contributed by atoms with Gasteiger partial charge in [-0.25, -0.2) is 9.78 Å². The van der Waals surface area contributed by atoms with Gasteiger partial charge in [0, 0.05) is 11.6 Å². The van der Waals surface area contributed by atoms with Gasteiger partial charge in [0.1, 0.15) is 15.6 Å². The third-order valence-electron chi connectivity index (χ3n) is 4.16. The largest absolute Gasteiger partial charge is 0.443 e. The van der Waals surface area contributed by atoms with Crippen molar-refractivity contribution in [3.63, 3.8) is 0 Å². The van der Waals surface area contributed by atoms with Crippen LogP contribution in [0, 0.1) is 13.8 Å². The second-order valence-electron chi connectivity index (χ2n) is 6.42. The molecular formula is C21H17N3O4S2. The van der Waals surface area contributed by atoms with E-state index in [2.05, 4.69) is 15.5 Å². The van der Waals surface area contributed by atoms with Crippen LogP contribution in [0.4, 0.5) is 5.82 Å². The van der Waals surface area contributed by atoms with E-state index in [0.717, 1.165) is 9.88 Å². The van der Waals surface area contributed by atoms with Crippen molar-refractivity contribution in [1.82, 2.24) is 10.1 Å². The topological polar surface area (TPSA) is 94.3 Å². The number of hydrogen-bond acceptors (Lipinski definition) is 8. The molecule has 30 heavy (non-hydrogen) atoms. The van der Waals surface area contributed by atoms with E-state index in [9.17, 15) is 9.59 Å². The summed E-state index contributed by atoms with van der Waals surface area (Å²) in [5.41, 5.74) is 1.11. The van der Waals surface area contributed by atoms with Crippen molar-refractivity contribution in [1.29, 1.82) is 0 Å². The number of carbonyl (C=O) groups is 2. The van der Waals surface area contributed by atoms with Gasteiger partial charge >= 0.3 is 5.97 Å². The summed E-state index contributed by atoms with van der Waals surface area (Å²) in [4.78, 5) is 31.6. The number of thiazole rings is 1. The lowest BCUT2D eigenvalue weighted by Crippen LogP contribution is -2.26. The smallest absolute Gasteiger partial charge is 0.351 e. The van der Waals surface area contributed by atoms with Crippen molar-refractivity contribution in [2.24, 2.45) is 0 Å². The number of carbonyl (C=O) groups excluding carboxylic acids is 2. The second-order valence-corrected chi connectivity index (χ2v) is 8.37. The Morgan fingerprint density at radius 3 is 2.60 bits per heavy atom. The molecule has 0 spiro atoms. The lowest BCUT2D eigenvalue weighted by molar-refractivity contribution is -0.125. The fraction of sp³-hybridized carbons (Fsp3) is 0.143. The number of ether oxygens (including phenoxy) is 1. The monoisotopic (exact) mass is 439 g/mol.